The lowest BCUT2D eigenvalue weighted by Gasteiger charge is -2.15. The molecule has 0 aliphatic rings. The Hall–Kier alpha value is -4.16. The molecule has 3 heterocycles. The Morgan fingerprint density at radius 1 is 1.06 bits per heavy atom. The van der Waals surface area contributed by atoms with Gasteiger partial charge in [-0.2, -0.15) is 5.10 Å². The van der Waals surface area contributed by atoms with E-state index < -0.39 is 19.9 Å². The Morgan fingerprint density at radius 3 is 2.56 bits per heavy atom. The van der Waals surface area contributed by atoms with E-state index in [9.17, 15) is 9.59 Å². The standard InChI is InChI=1S/C24H28N8O3Si/c1-36(2,3)13-12-35-16-31-15-26-23(30-31)18-10-7-11-19(27-18)24(34)28-20-14-32(29-21(20)22(25)33)17-8-5-4-6-9-17/h4-11,14-15H,12-13,16H2,1-3H3,(H2,25,33)(H,28,34). The van der Waals surface area contributed by atoms with Crippen LogP contribution in [-0.2, 0) is 11.5 Å². The second kappa shape index (κ2) is 10.6. The number of hydrogen-bond donors (Lipinski definition) is 2. The molecule has 3 aromatic heterocycles. The van der Waals surface area contributed by atoms with Crippen LogP contribution in [0.4, 0.5) is 5.69 Å². The van der Waals surface area contributed by atoms with Crippen LogP contribution in [0.2, 0.25) is 25.7 Å². The second-order valence-corrected chi connectivity index (χ2v) is 15.0. The first-order valence-electron chi connectivity index (χ1n) is 11.4. The molecule has 0 saturated carbocycles. The summed E-state index contributed by atoms with van der Waals surface area (Å²) in [6.45, 7) is 7.85. The van der Waals surface area contributed by atoms with Gasteiger partial charge in [-0.1, -0.05) is 43.9 Å². The zero-order valence-corrected chi connectivity index (χ0v) is 21.4. The summed E-state index contributed by atoms with van der Waals surface area (Å²) in [5, 5.41) is 11.3. The van der Waals surface area contributed by atoms with Crippen molar-refractivity contribution in [3.8, 4) is 17.2 Å². The van der Waals surface area contributed by atoms with E-state index in [1.807, 2.05) is 30.3 Å². The first-order valence-corrected chi connectivity index (χ1v) is 15.1. The van der Waals surface area contributed by atoms with E-state index in [0.717, 1.165) is 6.04 Å². The molecule has 0 fully saturated rings. The zero-order valence-electron chi connectivity index (χ0n) is 20.4. The highest BCUT2D eigenvalue weighted by Gasteiger charge is 2.19. The minimum atomic E-state index is -1.16. The highest BCUT2D eigenvalue weighted by atomic mass is 28.3. The van der Waals surface area contributed by atoms with E-state index in [-0.39, 0.29) is 17.1 Å². The molecule has 0 unspecified atom stereocenters. The number of carbonyl (C=O) groups is 2. The number of aromatic nitrogens is 6. The molecule has 0 atom stereocenters. The number of primary amides is 1. The smallest absolute Gasteiger partial charge is 0.274 e. The van der Waals surface area contributed by atoms with Gasteiger partial charge in [-0.15, -0.1) is 5.10 Å². The van der Waals surface area contributed by atoms with Crippen molar-refractivity contribution < 1.29 is 14.3 Å². The molecule has 0 bridgehead atoms. The minimum absolute atomic E-state index is 0.0575. The average Bonchev–Trinajstić information content (AvgIpc) is 3.50. The lowest BCUT2D eigenvalue weighted by molar-refractivity contribution is 0.0784. The van der Waals surface area contributed by atoms with Gasteiger partial charge in [0, 0.05) is 14.7 Å². The molecule has 0 aliphatic heterocycles. The van der Waals surface area contributed by atoms with Crippen LogP contribution in [0.25, 0.3) is 17.2 Å². The summed E-state index contributed by atoms with van der Waals surface area (Å²) in [4.78, 5) is 33.6. The Morgan fingerprint density at radius 2 is 1.83 bits per heavy atom. The van der Waals surface area contributed by atoms with Gasteiger partial charge >= 0.3 is 0 Å². The molecule has 0 saturated heterocycles. The third-order valence-electron chi connectivity index (χ3n) is 5.18. The predicted octanol–water partition coefficient (Wildman–Crippen LogP) is 3.19. The van der Waals surface area contributed by atoms with E-state index >= 15 is 0 Å². The molecule has 4 rings (SSSR count). The van der Waals surface area contributed by atoms with Gasteiger partial charge in [0.2, 0.25) is 0 Å². The summed E-state index contributed by atoms with van der Waals surface area (Å²) in [5.74, 6) is -0.919. The molecule has 0 radical (unpaired) electrons. The van der Waals surface area contributed by atoms with E-state index in [1.165, 1.54) is 10.9 Å². The summed E-state index contributed by atoms with van der Waals surface area (Å²) in [6, 6.07) is 15.2. The summed E-state index contributed by atoms with van der Waals surface area (Å²) in [5.41, 5.74) is 6.87. The topological polar surface area (TPSA) is 143 Å². The summed E-state index contributed by atoms with van der Waals surface area (Å²) < 4.78 is 8.77. The molecule has 1 aromatic carbocycles. The second-order valence-electron chi connectivity index (χ2n) is 9.35. The highest BCUT2D eigenvalue weighted by molar-refractivity contribution is 6.76. The normalized spacial score (nSPS) is 11.4. The van der Waals surface area contributed by atoms with Crippen molar-refractivity contribution in [2.45, 2.75) is 32.4 Å². The Bertz CT molecular complexity index is 1360. The molecule has 0 spiro atoms. The maximum absolute atomic E-state index is 13.0. The Labute approximate surface area is 209 Å². The van der Waals surface area contributed by atoms with Gasteiger partial charge in [-0.05, 0) is 30.3 Å². The number of anilines is 1. The number of hydrogen-bond acceptors (Lipinski definition) is 7. The molecule has 2 amide bonds. The van der Waals surface area contributed by atoms with E-state index in [1.54, 1.807) is 29.2 Å². The molecule has 11 nitrogen and oxygen atoms in total. The summed E-state index contributed by atoms with van der Waals surface area (Å²) in [7, 11) is -1.16. The molecule has 36 heavy (non-hydrogen) atoms. The van der Waals surface area contributed by atoms with Crippen molar-refractivity contribution in [3.05, 3.63) is 72.4 Å². The molecule has 12 heteroatoms. The first kappa shape index (κ1) is 24.9. The van der Waals surface area contributed by atoms with Crippen LogP contribution in [0.1, 0.15) is 21.0 Å². The lowest BCUT2D eigenvalue weighted by atomic mass is 10.2. The minimum Gasteiger partial charge on any atom is -0.364 e. The third-order valence-corrected chi connectivity index (χ3v) is 6.89. The Kier molecular flexibility index (Phi) is 7.36. The van der Waals surface area contributed by atoms with Crippen molar-refractivity contribution in [1.29, 1.82) is 0 Å². The van der Waals surface area contributed by atoms with Crippen molar-refractivity contribution in [1.82, 2.24) is 29.5 Å². The van der Waals surface area contributed by atoms with Crippen molar-refractivity contribution >= 4 is 25.6 Å². The largest absolute Gasteiger partial charge is 0.364 e. The summed E-state index contributed by atoms with van der Waals surface area (Å²) >= 11 is 0. The number of amides is 2. The van der Waals surface area contributed by atoms with Gasteiger partial charge in [-0.3, -0.25) is 9.59 Å². The number of para-hydroxylation sites is 1. The van der Waals surface area contributed by atoms with Crippen LogP contribution >= 0.6 is 0 Å². The molecule has 186 valence electrons. The van der Waals surface area contributed by atoms with E-state index in [2.05, 4.69) is 45.1 Å². The van der Waals surface area contributed by atoms with E-state index in [0.29, 0.717) is 30.5 Å². The van der Waals surface area contributed by atoms with Crippen molar-refractivity contribution in [3.63, 3.8) is 0 Å². The number of pyridine rings is 1. The van der Waals surface area contributed by atoms with Gasteiger partial charge < -0.3 is 15.8 Å². The van der Waals surface area contributed by atoms with Crippen molar-refractivity contribution in [2.75, 3.05) is 11.9 Å². The maximum Gasteiger partial charge on any atom is 0.274 e. The van der Waals surface area contributed by atoms with Gasteiger partial charge in [0.25, 0.3) is 11.8 Å². The number of carbonyl (C=O) groups excluding carboxylic acids is 2. The van der Waals surface area contributed by atoms with Crippen LogP contribution in [0.15, 0.2) is 61.1 Å². The van der Waals surface area contributed by atoms with Gasteiger partial charge in [-0.25, -0.2) is 19.3 Å². The number of ether oxygens (including phenoxy) is 1. The highest BCUT2D eigenvalue weighted by Crippen LogP contribution is 2.19. The van der Waals surface area contributed by atoms with Crippen LogP contribution in [-0.4, -0.2) is 56.0 Å². The number of rotatable bonds is 10. The monoisotopic (exact) mass is 504 g/mol. The number of nitrogens with one attached hydrogen (secondary N) is 1. The van der Waals surface area contributed by atoms with Crippen LogP contribution in [0.3, 0.4) is 0 Å². The van der Waals surface area contributed by atoms with Crippen LogP contribution < -0.4 is 11.1 Å². The molecular formula is C24H28N8O3Si. The number of benzene rings is 1. The van der Waals surface area contributed by atoms with Crippen molar-refractivity contribution in [2.24, 2.45) is 5.73 Å². The fraction of sp³-hybridized carbons (Fsp3) is 0.250. The summed E-state index contributed by atoms with van der Waals surface area (Å²) in [6.07, 6.45) is 3.10. The Balaban J connectivity index is 1.47. The van der Waals surface area contributed by atoms with Gasteiger partial charge in [0.15, 0.2) is 11.5 Å². The average molecular weight is 505 g/mol. The first-order chi connectivity index (χ1) is 17.2. The number of nitrogens with zero attached hydrogens (tertiary/aromatic N) is 6. The predicted molar refractivity (Wildman–Crippen MR) is 137 cm³/mol. The zero-order chi connectivity index (χ0) is 25.7. The quantitative estimate of drug-likeness (QED) is 0.249. The fourth-order valence-electron chi connectivity index (χ4n) is 3.24. The van der Waals surface area contributed by atoms with Crippen LogP contribution in [0.5, 0.6) is 0 Å². The molecule has 4 aromatic rings. The maximum atomic E-state index is 13.0. The molecular weight excluding hydrogens is 476 g/mol. The lowest BCUT2D eigenvalue weighted by Crippen LogP contribution is -2.22. The molecule has 3 N–H and O–H groups in total. The van der Waals surface area contributed by atoms with Gasteiger partial charge in [0.1, 0.15) is 24.4 Å². The van der Waals surface area contributed by atoms with Gasteiger partial charge in [0.05, 0.1) is 17.6 Å². The molecule has 0 aliphatic carbocycles. The third kappa shape index (κ3) is 6.28. The van der Waals surface area contributed by atoms with E-state index in [4.69, 9.17) is 10.5 Å². The number of nitrogens with two attached hydrogens (primary N) is 1. The fourth-order valence-corrected chi connectivity index (χ4v) is 4.00. The SMILES string of the molecule is C[Si](C)(C)CCOCn1cnc(-c2cccc(C(=O)Nc3cn(-c4ccccc4)nc3C(N)=O)n2)n1. The van der Waals surface area contributed by atoms with Crippen LogP contribution in [0, 0.1) is 0 Å².